The smallest absolute Gasteiger partial charge is 0.308 e. The molecule has 0 aliphatic carbocycles. The Morgan fingerprint density at radius 2 is 1.93 bits per heavy atom. The largest absolute Gasteiger partial charge is 0.496 e. The Hall–Kier alpha value is -2.76. The number of esters is 1. The predicted octanol–water partition coefficient (Wildman–Crippen LogP) is 4.86. The highest BCUT2D eigenvalue weighted by atomic mass is 35.5. The van der Waals surface area contributed by atoms with Gasteiger partial charge in [0.15, 0.2) is 0 Å². The molecule has 2 unspecified atom stereocenters. The van der Waals surface area contributed by atoms with Gasteiger partial charge < -0.3 is 18.8 Å². The highest BCUT2D eigenvalue weighted by molar-refractivity contribution is 6.30. The minimum absolute atomic E-state index is 0.105. The van der Waals surface area contributed by atoms with Crippen molar-refractivity contribution >= 4 is 17.6 Å². The maximum absolute atomic E-state index is 12.1. The van der Waals surface area contributed by atoms with Crippen LogP contribution in [0.2, 0.25) is 5.02 Å². The Kier molecular flexibility index (Phi) is 5.11. The van der Waals surface area contributed by atoms with Gasteiger partial charge in [0.25, 0.3) is 0 Å². The zero-order valence-electron chi connectivity index (χ0n) is 15.6. The van der Waals surface area contributed by atoms with E-state index in [2.05, 4.69) is 0 Å². The van der Waals surface area contributed by atoms with E-state index in [-0.39, 0.29) is 12.4 Å². The molecule has 2 atom stereocenters. The average Bonchev–Trinajstić information content (AvgIpc) is 3.16. The lowest BCUT2D eigenvalue weighted by Crippen LogP contribution is -2.15. The molecule has 0 bridgehead atoms. The molecule has 1 aliphatic heterocycles. The summed E-state index contributed by atoms with van der Waals surface area (Å²) < 4.78 is 19.0. The average molecular weight is 398 g/mol. The molecule has 144 valence electrons. The number of carbonyl (C=O) groups excluding carboxylic acids is 1. The maximum Gasteiger partial charge on any atom is 0.308 e. The van der Waals surface area contributed by atoms with Gasteiger partial charge in [0.2, 0.25) is 0 Å². The van der Waals surface area contributed by atoms with E-state index in [1.54, 1.807) is 7.11 Å². The first kappa shape index (κ1) is 18.6. The molecular weight excluding hydrogens is 378 g/mol. The van der Waals surface area contributed by atoms with Crippen LogP contribution >= 0.6 is 11.6 Å². The quantitative estimate of drug-likeness (QED) is 0.590. The van der Waals surface area contributed by atoms with Crippen LogP contribution in [0.1, 0.15) is 35.4 Å². The monoisotopic (exact) mass is 397 g/mol. The third-order valence-corrected chi connectivity index (χ3v) is 5.18. The SMILES string of the molecule is COC(=O)CC1OC(c2ccccc2OC)c2cc(Cl)ccc2-n2cccc21. The normalized spacial score (nSPS) is 18.0. The van der Waals surface area contributed by atoms with Crippen LogP contribution < -0.4 is 4.74 Å². The van der Waals surface area contributed by atoms with Gasteiger partial charge in [-0.3, -0.25) is 4.79 Å². The molecule has 5 nitrogen and oxygen atoms in total. The fraction of sp³-hybridized carbons (Fsp3) is 0.227. The van der Waals surface area contributed by atoms with E-state index in [0.29, 0.717) is 10.8 Å². The first-order valence-corrected chi connectivity index (χ1v) is 9.32. The molecule has 0 amide bonds. The van der Waals surface area contributed by atoms with Crippen LogP contribution in [0.4, 0.5) is 0 Å². The van der Waals surface area contributed by atoms with Crippen molar-refractivity contribution in [2.75, 3.05) is 14.2 Å². The molecule has 0 saturated heterocycles. The number of benzene rings is 2. The Bertz CT molecular complexity index is 1010. The third kappa shape index (κ3) is 3.28. The standard InChI is InChI=1S/C22H20ClNO4/c1-26-19-8-4-3-6-15(19)22-16-12-14(23)9-10-17(16)24-11-5-7-18(24)20(28-22)13-21(25)27-2/h3-12,20,22H,13H2,1-2H3. The van der Waals surface area contributed by atoms with Crippen molar-refractivity contribution in [3.05, 3.63) is 82.6 Å². The Labute approximate surface area is 168 Å². The van der Waals surface area contributed by atoms with Crippen LogP contribution in [0, 0.1) is 0 Å². The summed E-state index contributed by atoms with van der Waals surface area (Å²) in [5, 5.41) is 0.613. The molecule has 0 saturated carbocycles. The van der Waals surface area contributed by atoms with Gasteiger partial charge in [-0.25, -0.2) is 0 Å². The van der Waals surface area contributed by atoms with Gasteiger partial charge in [-0.15, -0.1) is 0 Å². The molecule has 1 aromatic heterocycles. The number of para-hydroxylation sites is 1. The number of ether oxygens (including phenoxy) is 3. The topological polar surface area (TPSA) is 49.7 Å². The Balaban J connectivity index is 1.92. The number of hydrogen-bond acceptors (Lipinski definition) is 4. The number of carbonyl (C=O) groups is 1. The zero-order valence-corrected chi connectivity index (χ0v) is 16.3. The van der Waals surface area contributed by atoms with E-state index < -0.39 is 12.2 Å². The molecule has 0 N–H and O–H groups in total. The molecule has 0 radical (unpaired) electrons. The molecule has 2 aromatic carbocycles. The summed E-state index contributed by atoms with van der Waals surface area (Å²) in [4.78, 5) is 12.1. The van der Waals surface area contributed by atoms with Gasteiger partial charge >= 0.3 is 5.97 Å². The van der Waals surface area contributed by atoms with Gasteiger partial charge in [-0.05, 0) is 36.4 Å². The second-order valence-electron chi connectivity index (χ2n) is 6.53. The van der Waals surface area contributed by atoms with Crippen LogP contribution in [0.25, 0.3) is 5.69 Å². The number of rotatable bonds is 4. The fourth-order valence-corrected chi connectivity index (χ4v) is 3.83. The van der Waals surface area contributed by atoms with E-state index >= 15 is 0 Å². The predicted molar refractivity (Wildman–Crippen MR) is 106 cm³/mol. The zero-order chi connectivity index (χ0) is 19.7. The molecule has 2 heterocycles. The summed E-state index contributed by atoms with van der Waals surface area (Å²) in [5.74, 6) is 0.377. The van der Waals surface area contributed by atoms with Crippen molar-refractivity contribution < 1.29 is 19.0 Å². The molecule has 3 aromatic rings. The fourth-order valence-electron chi connectivity index (χ4n) is 3.65. The number of methoxy groups -OCH3 is 2. The highest BCUT2D eigenvalue weighted by Gasteiger charge is 2.33. The summed E-state index contributed by atoms with van der Waals surface area (Å²) in [7, 11) is 3.01. The van der Waals surface area contributed by atoms with Crippen LogP contribution in [0.3, 0.4) is 0 Å². The number of aromatic nitrogens is 1. The minimum atomic E-state index is -0.483. The van der Waals surface area contributed by atoms with Crippen molar-refractivity contribution in [1.82, 2.24) is 4.57 Å². The maximum atomic E-state index is 12.1. The first-order valence-electron chi connectivity index (χ1n) is 8.94. The van der Waals surface area contributed by atoms with Gasteiger partial charge in [-0.2, -0.15) is 0 Å². The van der Waals surface area contributed by atoms with Crippen LogP contribution in [-0.2, 0) is 14.3 Å². The van der Waals surface area contributed by atoms with Gasteiger partial charge in [0, 0.05) is 22.3 Å². The van der Waals surface area contributed by atoms with E-state index in [1.807, 2.05) is 65.4 Å². The number of nitrogens with zero attached hydrogens (tertiary/aromatic N) is 1. The van der Waals surface area contributed by atoms with Crippen LogP contribution in [0.5, 0.6) is 5.75 Å². The lowest BCUT2D eigenvalue weighted by Gasteiger charge is -2.24. The van der Waals surface area contributed by atoms with Crippen LogP contribution in [0.15, 0.2) is 60.8 Å². The number of fused-ring (bicyclic) bond motifs is 3. The van der Waals surface area contributed by atoms with Crippen molar-refractivity contribution in [2.45, 2.75) is 18.6 Å². The Morgan fingerprint density at radius 3 is 2.71 bits per heavy atom. The lowest BCUT2D eigenvalue weighted by atomic mass is 9.98. The summed E-state index contributed by atoms with van der Waals surface area (Å²) >= 11 is 6.33. The van der Waals surface area contributed by atoms with E-state index in [0.717, 1.165) is 22.5 Å². The second-order valence-corrected chi connectivity index (χ2v) is 6.97. The molecular formula is C22H20ClNO4. The molecule has 6 heteroatoms. The van der Waals surface area contributed by atoms with E-state index in [4.69, 9.17) is 25.8 Å². The van der Waals surface area contributed by atoms with Gasteiger partial charge in [-0.1, -0.05) is 29.8 Å². The molecule has 0 spiro atoms. The molecule has 0 fully saturated rings. The molecule has 4 rings (SSSR count). The Morgan fingerprint density at radius 1 is 1.11 bits per heavy atom. The summed E-state index contributed by atoms with van der Waals surface area (Å²) in [5.41, 5.74) is 3.61. The van der Waals surface area contributed by atoms with Crippen molar-refractivity contribution in [3.63, 3.8) is 0 Å². The van der Waals surface area contributed by atoms with Gasteiger partial charge in [0.1, 0.15) is 18.0 Å². The highest BCUT2D eigenvalue weighted by Crippen LogP contribution is 2.44. The van der Waals surface area contributed by atoms with Gasteiger partial charge in [0.05, 0.1) is 32.0 Å². The second kappa shape index (κ2) is 7.70. The number of halogens is 1. The molecule has 28 heavy (non-hydrogen) atoms. The van der Waals surface area contributed by atoms with E-state index in [1.165, 1.54) is 7.11 Å². The minimum Gasteiger partial charge on any atom is -0.496 e. The van der Waals surface area contributed by atoms with Crippen molar-refractivity contribution in [2.24, 2.45) is 0 Å². The summed E-state index contributed by atoms with van der Waals surface area (Å²) in [6.07, 6.45) is 1.12. The van der Waals surface area contributed by atoms with E-state index in [9.17, 15) is 4.79 Å². The molecule has 1 aliphatic rings. The van der Waals surface area contributed by atoms with Crippen molar-refractivity contribution in [1.29, 1.82) is 0 Å². The first-order chi connectivity index (χ1) is 13.6. The third-order valence-electron chi connectivity index (χ3n) is 4.94. The van der Waals surface area contributed by atoms with Crippen LogP contribution in [-0.4, -0.2) is 24.8 Å². The summed E-state index contributed by atoms with van der Waals surface area (Å²) in [6, 6.07) is 17.3. The van der Waals surface area contributed by atoms with Crippen molar-refractivity contribution in [3.8, 4) is 11.4 Å². The number of hydrogen-bond donors (Lipinski definition) is 0. The lowest BCUT2D eigenvalue weighted by molar-refractivity contribution is -0.145. The summed E-state index contributed by atoms with van der Waals surface area (Å²) in [6.45, 7) is 0.